The number of alkyl halides is 6. The van der Waals surface area contributed by atoms with E-state index in [0.717, 1.165) is 60.5 Å². The van der Waals surface area contributed by atoms with Gasteiger partial charge in [-0.2, -0.15) is 47.5 Å². The van der Waals surface area contributed by atoms with Gasteiger partial charge in [0.1, 0.15) is 0 Å². The Labute approximate surface area is 317 Å². The van der Waals surface area contributed by atoms with Gasteiger partial charge in [-0.25, -0.2) is 6.07 Å². The average Bonchev–Trinajstić information content (AvgIpc) is 3.73. The molecule has 6 rings (SSSR count). The summed E-state index contributed by atoms with van der Waals surface area (Å²) in [4.78, 5) is 0. The molecule has 0 spiro atoms. The van der Waals surface area contributed by atoms with Gasteiger partial charge in [0.2, 0.25) is 0 Å². The first-order valence-electron chi connectivity index (χ1n) is 15.1. The quantitative estimate of drug-likeness (QED) is 0.154. The van der Waals surface area contributed by atoms with Gasteiger partial charge < -0.3 is 24.8 Å². The van der Waals surface area contributed by atoms with Gasteiger partial charge >= 0.3 is 137 Å². The largest absolute Gasteiger partial charge is 1.00 e. The van der Waals surface area contributed by atoms with Crippen molar-refractivity contribution in [1.82, 2.24) is 0 Å². The first kappa shape index (κ1) is 42.8. The second kappa shape index (κ2) is 17.7. The van der Waals surface area contributed by atoms with Gasteiger partial charge in [0, 0.05) is 0 Å². The van der Waals surface area contributed by atoms with E-state index in [1.807, 2.05) is 18.2 Å². The van der Waals surface area contributed by atoms with Crippen molar-refractivity contribution in [3.63, 3.8) is 0 Å². The topological polar surface area (TPSA) is 0 Å². The summed E-state index contributed by atoms with van der Waals surface area (Å²) >= 11 is 0.729. The van der Waals surface area contributed by atoms with E-state index in [1.165, 1.54) is 57.6 Å². The van der Waals surface area contributed by atoms with Crippen molar-refractivity contribution < 1.29 is 75.4 Å². The number of fused-ring (bicyclic) bond motifs is 3. The van der Waals surface area contributed by atoms with Crippen molar-refractivity contribution in [3.8, 4) is 11.1 Å². The molecule has 0 N–H and O–H groups in total. The summed E-state index contributed by atoms with van der Waals surface area (Å²) in [6.07, 6.45) is -4.23. The second-order valence-electron chi connectivity index (χ2n) is 12.3. The van der Waals surface area contributed by atoms with Gasteiger partial charge in [-0.1, -0.05) is 68.2 Å². The predicted molar refractivity (Wildman–Crippen MR) is 181 cm³/mol. The molecule has 1 aliphatic carbocycles. The van der Waals surface area contributed by atoms with Crippen LogP contribution in [0.2, 0.25) is 0 Å². The van der Waals surface area contributed by atoms with Gasteiger partial charge in [-0.05, 0) is 12.0 Å². The molecule has 0 heterocycles. The molecule has 5 aromatic rings. The summed E-state index contributed by atoms with van der Waals surface area (Å²) in [6, 6.07) is 31.7. The Bertz CT molecular complexity index is 1800. The van der Waals surface area contributed by atoms with E-state index in [4.69, 9.17) is 0 Å². The van der Waals surface area contributed by atoms with E-state index < -0.39 is 23.5 Å². The number of halogens is 8. The number of benzene rings is 4. The molecule has 0 amide bonds. The molecule has 0 bridgehead atoms. The molecule has 260 valence electrons. The SMILES string of the molecule is C=Cc1c[c-]c2c(c1)-c1cc(C=C)ccc1C2.CC(C)(C)c1cc[cH-]c1.FC(F)(F)c1cccc([C](=[Zr+2])c2cccc(C(F)(F)F)c2)c1.[Cl-].[Cl-]. The van der Waals surface area contributed by atoms with Gasteiger partial charge in [0.05, 0.1) is 0 Å². The third-order valence-corrected chi connectivity index (χ3v) is 9.22. The van der Waals surface area contributed by atoms with Crippen molar-refractivity contribution in [3.05, 3.63) is 172 Å². The molecule has 0 radical (unpaired) electrons. The van der Waals surface area contributed by atoms with E-state index in [9.17, 15) is 26.3 Å². The van der Waals surface area contributed by atoms with Crippen LogP contribution < -0.4 is 24.8 Å². The Balaban J connectivity index is 0.000000275. The van der Waals surface area contributed by atoms with Crippen LogP contribution in [0.5, 0.6) is 0 Å². The molecule has 0 nitrogen and oxygen atoms in total. The van der Waals surface area contributed by atoms with Gasteiger partial charge in [-0.3, -0.25) is 0 Å². The van der Waals surface area contributed by atoms with Crippen LogP contribution in [0.1, 0.15) is 70.8 Å². The number of rotatable bonds is 4. The number of hydrogen-bond donors (Lipinski definition) is 0. The predicted octanol–water partition coefficient (Wildman–Crippen LogP) is 5.89. The zero-order chi connectivity index (χ0) is 35.3. The monoisotopic (exact) mass is 800 g/mol. The molecule has 9 heteroatoms. The Kier molecular flexibility index (Phi) is 15.2. The molecule has 5 aromatic carbocycles. The van der Waals surface area contributed by atoms with Crippen LogP contribution in [0.15, 0.2) is 116 Å². The van der Waals surface area contributed by atoms with E-state index in [-0.39, 0.29) is 35.9 Å². The molecule has 0 fully saturated rings. The molecule has 0 aromatic heterocycles. The summed E-state index contributed by atoms with van der Waals surface area (Å²) < 4.78 is 76.7. The summed E-state index contributed by atoms with van der Waals surface area (Å²) in [5, 5.41) is 0. The van der Waals surface area contributed by atoms with Crippen LogP contribution >= 0.6 is 0 Å². The fourth-order valence-electron chi connectivity index (χ4n) is 5.11. The minimum atomic E-state index is -4.49. The summed E-state index contributed by atoms with van der Waals surface area (Å²) in [5.41, 5.74) is 8.20. The maximum Gasteiger partial charge on any atom is -1.00 e. The summed E-state index contributed by atoms with van der Waals surface area (Å²) in [7, 11) is 0. The van der Waals surface area contributed by atoms with Gasteiger partial charge in [0.15, 0.2) is 0 Å². The van der Waals surface area contributed by atoms with E-state index in [1.54, 1.807) is 0 Å². The zero-order valence-corrected chi connectivity index (χ0v) is 31.6. The average molecular weight is 803 g/mol. The van der Waals surface area contributed by atoms with E-state index >= 15 is 0 Å². The molecular formula is C41H34Cl2F6Zr-2. The smallest absolute Gasteiger partial charge is 1.00 e. The van der Waals surface area contributed by atoms with Crippen LogP contribution in [0, 0.1) is 6.07 Å². The van der Waals surface area contributed by atoms with Crippen LogP contribution in [0.25, 0.3) is 23.3 Å². The van der Waals surface area contributed by atoms with Gasteiger partial charge in [0.25, 0.3) is 0 Å². The van der Waals surface area contributed by atoms with Crippen LogP contribution in [0.4, 0.5) is 26.3 Å². The maximum absolute atomic E-state index is 12.7. The van der Waals surface area contributed by atoms with Crippen LogP contribution in [0.3, 0.4) is 0 Å². The molecule has 0 aliphatic heterocycles. The first-order chi connectivity index (χ1) is 22.5. The van der Waals surface area contributed by atoms with Gasteiger partial charge in [-0.15, -0.1) is 23.8 Å². The molecule has 0 unspecified atom stereocenters. The van der Waals surface area contributed by atoms with Crippen molar-refractivity contribution in [2.45, 2.75) is 45.0 Å². The Hall–Kier alpha value is -3.38. The second-order valence-corrected chi connectivity index (χ2v) is 13.5. The van der Waals surface area contributed by atoms with Crippen LogP contribution in [-0.2, 0) is 48.4 Å². The number of hydrogen-bond acceptors (Lipinski definition) is 0. The Morgan fingerprint density at radius 2 is 1.26 bits per heavy atom. The fourth-order valence-corrected chi connectivity index (χ4v) is 5.87. The molecule has 0 atom stereocenters. The molecule has 50 heavy (non-hydrogen) atoms. The van der Waals surface area contributed by atoms with E-state index in [2.05, 4.69) is 88.5 Å². The third kappa shape index (κ3) is 11.1. The minimum Gasteiger partial charge on any atom is -1.00 e. The normalized spacial score (nSPS) is 11.6. The first-order valence-corrected chi connectivity index (χ1v) is 16.3. The molecule has 0 saturated carbocycles. The van der Waals surface area contributed by atoms with Crippen molar-refractivity contribution in [2.24, 2.45) is 0 Å². The minimum absolute atomic E-state index is 0. The Morgan fingerprint density at radius 1 is 0.720 bits per heavy atom. The molecule has 0 saturated heterocycles. The van der Waals surface area contributed by atoms with Crippen molar-refractivity contribution >= 4 is 15.4 Å². The van der Waals surface area contributed by atoms with E-state index in [0.29, 0.717) is 8.62 Å². The molecule has 1 aliphatic rings. The molecular weight excluding hydrogens is 769 g/mol. The van der Waals surface area contributed by atoms with Crippen molar-refractivity contribution in [1.29, 1.82) is 0 Å². The van der Waals surface area contributed by atoms with Crippen molar-refractivity contribution in [2.75, 3.05) is 0 Å². The third-order valence-electron chi connectivity index (χ3n) is 7.80. The standard InChI is InChI=1S/C17H13.C15H8F6.C9H13.2ClH.Zr/c1-3-12-5-7-14-11-15-8-6-13(4-2)10-17(15)16(14)9-12;16-14(17,18)12-5-1-3-10(8-12)7-11-4-2-6-13(9-11)15(19,20)21;1-9(2,3)8-6-4-5-7-8;;;/h3-7,9-10H,1-2,11H2;1-6,8-9H;4-7H,1-3H3;2*1H;/q-1;;-1;;;+2/p-2. The Morgan fingerprint density at radius 3 is 1.70 bits per heavy atom. The summed E-state index contributed by atoms with van der Waals surface area (Å²) in [5.74, 6) is 0. The zero-order valence-electron chi connectivity index (χ0n) is 27.6. The summed E-state index contributed by atoms with van der Waals surface area (Å²) in [6.45, 7) is 14.3. The fraction of sp³-hybridized carbons (Fsp3) is 0.171. The van der Waals surface area contributed by atoms with Crippen LogP contribution in [-0.4, -0.2) is 3.21 Å². The maximum atomic E-state index is 12.7.